The van der Waals surface area contributed by atoms with E-state index in [1.165, 1.54) is 0 Å². The van der Waals surface area contributed by atoms with Crippen molar-refractivity contribution < 1.29 is 0 Å². The molecule has 0 saturated carbocycles. The number of aryl methyl sites for hydroxylation is 4. The zero-order valence-corrected chi connectivity index (χ0v) is 19.6. The summed E-state index contributed by atoms with van der Waals surface area (Å²) in [4.78, 5) is 13.8. The molecule has 11 heteroatoms. The summed E-state index contributed by atoms with van der Waals surface area (Å²) < 4.78 is 7.45. The van der Waals surface area contributed by atoms with Gasteiger partial charge in [-0.2, -0.15) is 10.1 Å². The molecule has 0 saturated heterocycles. The number of nitrogens with zero attached hydrogens (tertiary/aromatic N) is 10. The number of hydrogen-bond donors (Lipinski definition) is 1. The van der Waals surface area contributed by atoms with Crippen LogP contribution in [0.3, 0.4) is 0 Å². The van der Waals surface area contributed by atoms with Crippen LogP contribution >= 0.6 is 0 Å². The van der Waals surface area contributed by atoms with E-state index < -0.39 is 0 Å². The summed E-state index contributed by atoms with van der Waals surface area (Å²) in [6.07, 6.45) is 8.37. The average Bonchev–Trinajstić information content (AvgIpc) is 3.54. The number of nitrogens with one attached hydrogen (secondary N) is 1. The lowest BCUT2D eigenvalue weighted by Gasteiger charge is -2.08. The molecule has 5 rings (SSSR count). The Balaban J connectivity index is 1.69. The zero-order valence-electron chi connectivity index (χ0n) is 19.6. The van der Waals surface area contributed by atoms with Crippen LogP contribution in [0.2, 0.25) is 0 Å². The Labute approximate surface area is 191 Å². The molecule has 5 aromatic rings. The highest BCUT2D eigenvalue weighted by Gasteiger charge is 2.21. The molecule has 0 aliphatic carbocycles. The molecule has 0 fully saturated rings. The lowest BCUT2D eigenvalue weighted by Crippen LogP contribution is -2.07. The Bertz CT molecular complexity index is 1450. The maximum absolute atomic E-state index is 4.82. The molecule has 33 heavy (non-hydrogen) atoms. The first-order valence-corrected chi connectivity index (χ1v) is 11.0. The molecule has 0 aliphatic heterocycles. The summed E-state index contributed by atoms with van der Waals surface area (Å²) in [5.41, 5.74) is 3.74. The van der Waals surface area contributed by atoms with Gasteiger partial charge in [0.15, 0.2) is 11.6 Å². The van der Waals surface area contributed by atoms with Crippen LogP contribution in [-0.2, 0) is 20.5 Å². The lowest BCUT2D eigenvalue weighted by molar-refractivity contribution is 0.534. The van der Waals surface area contributed by atoms with Crippen molar-refractivity contribution in [2.75, 3.05) is 5.32 Å². The molecule has 0 spiro atoms. The van der Waals surface area contributed by atoms with Gasteiger partial charge >= 0.3 is 0 Å². The van der Waals surface area contributed by atoms with E-state index in [0.29, 0.717) is 23.4 Å². The topological polar surface area (TPSA) is 109 Å². The van der Waals surface area contributed by atoms with Crippen molar-refractivity contribution >= 4 is 17.3 Å². The van der Waals surface area contributed by atoms with E-state index in [1.54, 1.807) is 10.9 Å². The minimum atomic E-state index is 0.283. The fourth-order valence-electron chi connectivity index (χ4n) is 3.91. The van der Waals surface area contributed by atoms with Crippen LogP contribution in [0.15, 0.2) is 30.9 Å². The second kappa shape index (κ2) is 7.84. The number of imidazole rings is 1. The minimum Gasteiger partial charge on any atom is -0.331 e. The lowest BCUT2D eigenvalue weighted by atomic mass is 10.1. The SMILES string of the molecule is CCc1nc(Nc2nc(-c3nccn3C)nn3cc(-c4ccn(C(C)C)n4)c(C)c23)nn1C. The molecule has 1 N–H and O–H groups in total. The molecule has 0 unspecified atom stereocenters. The molecule has 0 amide bonds. The summed E-state index contributed by atoms with van der Waals surface area (Å²) in [5.74, 6) is 3.16. The summed E-state index contributed by atoms with van der Waals surface area (Å²) >= 11 is 0. The third-order valence-electron chi connectivity index (χ3n) is 5.72. The number of hydrogen-bond acceptors (Lipinski definition) is 7. The van der Waals surface area contributed by atoms with Crippen LogP contribution in [0.25, 0.3) is 28.4 Å². The largest absolute Gasteiger partial charge is 0.331 e. The third kappa shape index (κ3) is 3.55. The molecule has 5 aromatic heterocycles. The molecule has 0 bridgehead atoms. The fraction of sp³-hybridized carbons (Fsp3) is 0.364. The fourth-order valence-corrected chi connectivity index (χ4v) is 3.91. The zero-order chi connectivity index (χ0) is 23.3. The van der Waals surface area contributed by atoms with Crippen molar-refractivity contribution in [2.24, 2.45) is 14.1 Å². The van der Waals surface area contributed by atoms with Gasteiger partial charge in [0, 0.05) is 56.9 Å². The van der Waals surface area contributed by atoms with Gasteiger partial charge in [-0.1, -0.05) is 6.92 Å². The van der Waals surface area contributed by atoms with Gasteiger partial charge in [-0.25, -0.2) is 14.5 Å². The molecular weight excluding hydrogens is 418 g/mol. The number of aromatic nitrogens is 10. The van der Waals surface area contributed by atoms with Crippen molar-refractivity contribution in [1.29, 1.82) is 0 Å². The highest BCUT2D eigenvalue weighted by molar-refractivity contribution is 5.83. The van der Waals surface area contributed by atoms with Crippen molar-refractivity contribution in [3.63, 3.8) is 0 Å². The quantitative estimate of drug-likeness (QED) is 0.427. The monoisotopic (exact) mass is 445 g/mol. The van der Waals surface area contributed by atoms with E-state index >= 15 is 0 Å². The van der Waals surface area contributed by atoms with E-state index in [0.717, 1.165) is 34.6 Å². The summed E-state index contributed by atoms with van der Waals surface area (Å²) in [6.45, 7) is 8.32. The standard InChI is InChI=1S/C22H27N11/c1-7-17-24-22(29-31(17)6)26-19-18-14(4)15(16-8-10-32(27-16)13(2)3)12-33(18)28-20(25-19)21-23-9-11-30(21)5/h8-13H,7H2,1-6H3,(H,25,26,28,29). The highest BCUT2D eigenvalue weighted by atomic mass is 15.4. The maximum Gasteiger partial charge on any atom is 0.247 e. The smallest absolute Gasteiger partial charge is 0.247 e. The van der Waals surface area contributed by atoms with E-state index in [4.69, 9.17) is 15.2 Å². The third-order valence-corrected chi connectivity index (χ3v) is 5.72. The second-order valence-corrected chi connectivity index (χ2v) is 8.34. The molecule has 0 aliphatic rings. The Morgan fingerprint density at radius 1 is 1.06 bits per heavy atom. The molecule has 0 atom stereocenters. The Morgan fingerprint density at radius 2 is 1.88 bits per heavy atom. The van der Waals surface area contributed by atoms with E-state index in [-0.39, 0.29) is 6.04 Å². The van der Waals surface area contributed by atoms with Gasteiger partial charge in [0.05, 0.1) is 5.69 Å². The van der Waals surface area contributed by atoms with Crippen molar-refractivity contribution in [3.8, 4) is 22.9 Å². The first-order chi connectivity index (χ1) is 15.9. The van der Waals surface area contributed by atoms with Gasteiger partial charge in [0.25, 0.3) is 0 Å². The maximum atomic E-state index is 4.82. The van der Waals surface area contributed by atoms with Crippen LogP contribution in [0, 0.1) is 6.92 Å². The molecule has 0 aromatic carbocycles. The van der Waals surface area contributed by atoms with Gasteiger partial charge in [-0.15, -0.1) is 10.2 Å². The van der Waals surface area contributed by atoms with Crippen LogP contribution in [-0.4, -0.2) is 48.7 Å². The van der Waals surface area contributed by atoms with Gasteiger partial charge in [-0.05, 0) is 32.4 Å². The Morgan fingerprint density at radius 3 is 2.52 bits per heavy atom. The van der Waals surface area contributed by atoms with Gasteiger partial charge in [0.2, 0.25) is 11.8 Å². The van der Waals surface area contributed by atoms with Crippen molar-refractivity contribution in [2.45, 2.75) is 40.2 Å². The Kier molecular flexibility index (Phi) is 4.95. The molecule has 11 nitrogen and oxygen atoms in total. The summed E-state index contributed by atoms with van der Waals surface area (Å²) in [6, 6.07) is 2.31. The van der Waals surface area contributed by atoms with E-state index in [2.05, 4.69) is 48.1 Å². The van der Waals surface area contributed by atoms with E-state index in [1.807, 2.05) is 52.5 Å². The first-order valence-electron chi connectivity index (χ1n) is 11.0. The molecular formula is C22H27N11. The summed E-state index contributed by atoms with van der Waals surface area (Å²) in [7, 11) is 3.80. The van der Waals surface area contributed by atoms with E-state index in [9.17, 15) is 0 Å². The highest BCUT2D eigenvalue weighted by Crippen LogP contribution is 2.32. The molecule has 170 valence electrons. The van der Waals surface area contributed by atoms with Crippen LogP contribution < -0.4 is 5.32 Å². The normalized spacial score (nSPS) is 11.7. The number of rotatable bonds is 6. The average molecular weight is 446 g/mol. The van der Waals surface area contributed by atoms with Crippen LogP contribution in [0.1, 0.15) is 38.2 Å². The van der Waals surface area contributed by atoms with Gasteiger partial charge < -0.3 is 9.88 Å². The predicted octanol–water partition coefficient (Wildman–Crippen LogP) is 3.32. The predicted molar refractivity (Wildman–Crippen MR) is 125 cm³/mol. The number of fused-ring (bicyclic) bond motifs is 1. The van der Waals surface area contributed by atoms with Gasteiger partial charge in [-0.3, -0.25) is 9.36 Å². The van der Waals surface area contributed by atoms with Crippen LogP contribution in [0.5, 0.6) is 0 Å². The van der Waals surface area contributed by atoms with Crippen molar-refractivity contribution in [1.82, 2.24) is 48.7 Å². The van der Waals surface area contributed by atoms with Gasteiger partial charge in [0.1, 0.15) is 11.3 Å². The summed E-state index contributed by atoms with van der Waals surface area (Å²) in [5, 5.41) is 17.3. The second-order valence-electron chi connectivity index (χ2n) is 8.34. The minimum absolute atomic E-state index is 0.283. The van der Waals surface area contributed by atoms with Crippen molar-refractivity contribution in [3.05, 3.63) is 42.2 Å². The molecule has 5 heterocycles. The Hall–Kier alpha value is -4.02. The first kappa shape index (κ1) is 20.9. The number of anilines is 2. The molecule has 0 radical (unpaired) electrons. The van der Waals surface area contributed by atoms with Crippen LogP contribution in [0.4, 0.5) is 11.8 Å².